The summed E-state index contributed by atoms with van der Waals surface area (Å²) in [6.07, 6.45) is 5.14. The largest absolute Gasteiger partial charge is 0.445 e. The normalized spacial score (nSPS) is 11.6. The summed E-state index contributed by atoms with van der Waals surface area (Å²) in [4.78, 5) is 14.0. The van der Waals surface area contributed by atoms with E-state index in [4.69, 9.17) is 9.40 Å². The van der Waals surface area contributed by atoms with E-state index in [-0.39, 0.29) is 0 Å². The van der Waals surface area contributed by atoms with Crippen molar-refractivity contribution in [2.45, 2.75) is 0 Å². The SMILES string of the molecule is c1ccc(-c2cccc(-n3c4cc(-c5nc6ccccc6s5)ccc4c4c(-c5ncco5)cccc43)c2)nc1. The van der Waals surface area contributed by atoms with Crippen LogP contribution in [0.4, 0.5) is 0 Å². The first kappa shape index (κ1) is 22.0. The van der Waals surface area contributed by atoms with E-state index in [0.717, 1.165) is 60.4 Å². The Balaban J connectivity index is 1.43. The van der Waals surface area contributed by atoms with Gasteiger partial charge < -0.3 is 8.98 Å². The van der Waals surface area contributed by atoms with Gasteiger partial charge in [-0.3, -0.25) is 4.98 Å². The first-order valence-electron chi connectivity index (χ1n) is 12.7. The van der Waals surface area contributed by atoms with E-state index in [2.05, 4.69) is 93.4 Å². The van der Waals surface area contributed by atoms with Gasteiger partial charge in [-0.1, -0.05) is 48.5 Å². The van der Waals surface area contributed by atoms with Crippen molar-refractivity contribution in [3.63, 3.8) is 0 Å². The maximum atomic E-state index is 5.76. The Kier molecular flexibility index (Phi) is 4.93. The average molecular weight is 521 g/mol. The standard InChI is InChI=1S/C33H20N4OS/c1-2-13-30-27(11-1)36-33(39-30)22-14-15-24-29(20-22)37(23-8-5-7-21(19-23)26-10-3-4-16-34-26)28-12-6-9-25(31(24)28)32-35-17-18-38-32/h1-20H. The molecule has 0 amide bonds. The molecule has 6 heteroatoms. The highest BCUT2D eigenvalue weighted by Crippen LogP contribution is 2.40. The van der Waals surface area contributed by atoms with Crippen molar-refractivity contribution in [1.29, 1.82) is 0 Å². The van der Waals surface area contributed by atoms with Crippen LogP contribution in [0.2, 0.25) is 0 Å². The Morgan fingerprint density at radius 2 is 1.62 bits per heavy atom. The average Bonchev–Trinajstić information content (AvgIpc) is 3.75. The maximum absolute atomic E-state index is 5.76. The van der Waals surface area contributed by atoms with Crippen molar-refractivity contribution in [3.8, 4) is 39.0 Å². The lowest BCUT2D eigenvalue weighted by Gasteiger charge is -2.10. The molecule has 0 aliphatic rings. The van der Waals surface area contributed by atoms with Gasteiger partial charge in [0.1, 0.15) is 11.3 Å². The van der Waals surface area contributed by atoms with E-state index in [9.17, 15) is 0 Å². The van der Waals surface area contributed by atoms with Gasteiger partial charge in [0.2, 0.25) is 5.89 Å². The van der Waals surface area contributed by atoms with Crippen molar-refractivity contribution in [2.75, 3.05) is 0 Å². The molecule has 4 heterocycles. The first-order valence-corrected chi connectivity index (χ1v) is 13.5. The Labute approximate surface area is 227 Å². The predicted octanol–water partition coefficient (Wildman–Crippen LogP) is 8.78. The second kappa shape index (κ2) is 8.75. The van der Waals surface area contributed by atoms with Gasteiger partial charge in [-0.15, -0.1) is 11.3 Å². The number of thiazole rings is 1. The van der Waals surface area contributed by atoms with Gasteiger partial charge in [-0.05, 0) is 54.6 Å². The molecular formula is C33H20N4OS. The zero-order chi connectivity index (χ0) is 25.8. The van der Waals surface area contributed by atoms with Gasteiger partial charge in [0.25, 0.3) is 0 Å². The Hall–Kier alpha value is -5.07. The lowest BCUT2D eigenvalue weighted by Crippen LogP contribution is -1.95. The van der Waals surface area contributed by atoms with Crippen LogP contribution < -0.4 is 0 Å². The summed E-state index contributed by atoms with van der Waals surface area (Å²) in [5.41, 5.74) is 8.32. The Morgan fingerprint density at radius 1 is 0.692 bits per heavy atom. The van der Waals surface area contributed by atoms with Crippen molar-refractivity contribution >= 4 is 43.4 Å². The lowest BCUT2D eigenvalue weighted by atomic mass is 10.1. The molecule has 0 fully saturated rings. The number of nitrogens with zero attached hydrogens (tertiary/aromatic N) is 4. The third-order valence-corrected chi connectivity index (χ3v) is 8.15. The van der Waals surface area contributed by atoms with Crippen LogP contribution in [0.25, 0.3) is 71.0 Å². The van der Waals surface area contributed by atoms with Gasteiger partial charge in [0.05, 0.1) is 33.1 Å². The van der Waals surface area contributed by atoms with Crippen LogP contribution >= 0.6 is 11.3 Å². The molecule has 8 aromatic rings. The fourth-order valence-electron chi connectivity index (χ4n) is 5.35. The molecule has 5 nitrogen and oxygen atoms in total. The lowest BCUT2D eigenvalue weighted by molar-refractivity contribution is 0.575. The minimum absolute atomic E-state index is 0.608. The number of para-hydroxylation sites is 1. The number of hydrogen-bond acceptors (Lipinski definition) is 5. The van der Waals surface area contributed by atoms with Gasteiger partial charge in [-0.25, -0.2) is 9.97 Å². The van der Waals surface area contributed by atoms with Gasteiger partial charge in [0, 0.05) is 39.3 Å². The molecule has 184 valence electrons. The minimum Gasteiger partial charge on any atom is -0.445 e. The summed E-state index contributed by atoms with van der Waals surface area (Å²) < 4.78 is 9.26. The predicted molar refractivity (Wildman–Crippen MR) is 158 cm³/mol. The zero-order valence-electron chi connectivity index (χ0n) is 20.7. The van der Waals surface area contributed by atoms with Crippen LogP contribution in [-0.2, 0) is 0 Å². The van der Waals surface area contributed by atoms with Crippen LogP contribution in [0.15, 0.2) is 126 Å². The van der Waals surface area contributed by atoms with E-state index < -0.39 is 0 Å². The second-order valence-corrected chi connectivity index (χ2v) is 10.4. The van der Waals surface area contributed by atoms with Crippen LogP contribution in [0.5, 0.6) is 0 Å². The highest BCUT2D eigenvalue weighted by Gasteiger charge is 2.19. The summed E-state index contributed by atoms with van der Waals surface area (Å²) in [5.74, 6) is 0.608. The van der Waals surface area contributed by atoms with E-state index >= 15 is 0 Å². The van der Waals surface area contributed by atoms with E-state index in [1.807, 2.05) is 30.5 Å². The minimum atomic E-state index is 0.608. The summed E-state index contributed by atoms with van der Waals surface area (Å²) in [6.45, 7) is 0. The fraction of sp³-hybridized carbons (Fsp3) is 0. The maximum Gasteiger partial charge on any atom is 0.226 e. The number of pyridine rings is 1. The molecule has 0 spiro atoms. The molecule has 4 aromatic carbocycles. The molecule has 0 bridgehead atoms. The van der Waals surface area contributed by atoms with Crippen molar-refractivity contribution in [2.24, 2.45) is 0 Å². The molecule has 0 saturated heterocycles. The summed E-state index contributed by atoms with van der Waals surface area (Å²) >= 11 is 1.71. The first-order chi connectivity index (χ1) is 19.3. The van der Waals surface area contributed by atoms with Crippen molar-refractivity contribution in [1.82, 2.24) is 19.5 Å². The quantitative estimate of drug-likeness (QED) is 0.233. The van der Waals surface area contributed by atoms with Gasteiger partial charge in [0.15, 0.2) is 0 Å². The summed E-state index contributed by atoms with van der Waals surface area (Å²) in [7, 11) is 0. The van der Waals surface area contributed by atoms with Crippen LogP contribution in [0.3, 0.4) is 0 Å². The zero-order valence-corrected chi connectivity index (χ0v) is 21.5. The Morgan fingerprint density at radius 3 is 2.49 bits per heavy atom. The fourth-order valence-corrected chi connectivity index (χ4v) is 6.31. The Bertz CT molecular complexity index is 2090. The molecule has 0 aliphatic heterocycles. The van der Waals surface area contributed by atoms with E-state index in [0.29, 0.717) is 5.89 Å². The molecule has 0 saturated carbocycles. The number of oxazole rings is 1. The number of rotatable bonds is 4. The van der Waals surface area contributed by atoms with Gasteiger partial charge >= 0.3 is 0 Å². The molecule has 4 aromatic heterocycles. The topological polar surface area (TPSA) is 56.7 Å². The van der Waals surface area contributed by atoms with Gasteiger partial charge in [-0.2, -0.15) is 0 Å². The monoisotopic (exact) mass is 520 g/mol. The van der Waals surface area contributed by atoms with Crippen molar-refractivity contribution in [3.05, 3.63) is 122 Å². The highest BCUT2D eigenvalue weighted by atomic mass is 32.1. The molecular weight excluding hydrogens is 500 g/mol. The third-order valence-electron chi connectivity index (χ3n) is 7.06. The smallest absolute Gasteiger partial charge is 0.226 e. The summed E-state index contributed by atoms with van der Waals surface area (Å²) in [5, 5.41) is 3.24. The molecule has 0 radical (unpaired) electrons. The van der Waals surface area contributed by atoms with Crippen molar-refractivity contribution < 1.29 is 4.42 Å². The van der Waals surface area contributed by atoms with Crippen LogP contribution in [0.1, 0.15) is 0 Å². The second-order valence-electron chi connectivity index (χ2n) is 9.36. The molecule has 0 N–H and O–H groups in total. The van der Waals surface area contributed by atoms with Crippen LogP contribution in [0, 0.1) is 0 Å². The molecule has 0 atom stereocenters. The number of benzene rings is 4. The number of fused-ring (bicyclic) bond motifs is 4. The van der Waals surface area contributed by atoms with Crippen LogP contribution in [-0.4, -0.2) is 19.5 Å². The molecule has 0 unspecified atom stereocenters. The number of hydrogen-bond donors (Lipinski definition) is 0. The van der Waals surface area contributed by atoms with E-state index in [1.54, 1.807) is 23.8 Å². The summed E-state index contributed by atoms with van der Waals surface area (Å²) in [6, 6.07) is 35.7. The molecule has 8 rings (SSSR count). The number of aromatic nitrogens is 4. The third kappa shape index (κ3) is 3.57. The highest BCUT2D eigenvalue weighted by molar-refractivity contribution is 7.21. The molecule has 39 heavy (non-hydrogen) atoms. The molecule has 0 aliphatic carbocycles. The van der Waals surface area contributed by atoms with E-state index in [1.165, 1.54) is 4.70 Å².